The number of likely N-dealkylation sites (tertiary alicyclic amines) is 1. The topological polar surface area (TPSA) is 66.5 Å². The summed E-state index contributed by atoms with van der Waals surface area (Å²) < 4.78 is 64.7. The van der Waals surface area contributed by atoms with Crippen molar-refractivity contribution in [3.63, 3.8) is 0 Å². The zero-order valence-corrected chi connectivity index (χ0v) is 13.5. The SMILES string of the molecule is C=CCS(=O)(=O)N[C@H]1CC(=O)N(Cc2ccccc2C(F)(F)F)C1. The highest BCUT2D eigenvalue weighted by atomic mass is 32.2. The predicted molar refractivity (Wildman–Crippen MR) is 82.4 cm³/mol. The van der Waals surface area contributed by atoms with Crippen LogP contribution in [0.2, 0.25) is 0 Å². The lowest BCUT2D eigenvalue weighted by molar-refractivity contribution is -0.139. The van der Waals surface area contributed by atoms with E-state index < -0.39 is 33.7 Å². The van der Waals surface area contributed by atoms with Gasteiger partial charge in [0.1, 0.15) is 0 Å². The molecule has 1 aromatic carbocycles. The Bertz CT molecular complexity index is 732. The lowest BCUT2D eigenvalue weighted by Gasteiger charge is -2.20. The number of rotatable bonds is 6. The van der Waals surface area contributed by atoms with Crippen LogP contribution in [0.5, 0.6) is 0 Å². The van der Waals surface area contributed by atoms with Crippen molar-refractivity contribution in [2.24, 2.45) is 0 Å². The molecule has 1 saturated heterocycles. The fraction of sp³-hybridized carbons (Fsp3) is 0.400. The standard InChI is InChI=1S/C15H17F3N2O3S/c1-2-7-24(22,23)19-12-8-14(21)20(10-12)9-11-5-3-4-6-13(11)15(16,17)18/h2-6,12,19H,1,7-10H2/t12-/m0/s1. The molecule has 0 aromatic heterocycles. The predicted octanol–water partition coefficient (Wildman–Crippen LogP) is 1.91. The first-order chi connectivity index (χ1) is 11.1. The number of alkyl halides is 3. The molecule has 1 atom stereocenters. The number of hydrogen-bond donors (Lipinski definition) is 1. The van der Waals surface area contributed by atoms with Crippen molar-refractivity contribution in [1.82, 2.24) is 9.62 Å². The minimum atomic E-state index is -4.51. The van der Waals surface area contributed by atoms with Crippen molar-refractivity contribution in [3.8, 4) is 0 Å². The largest absolute Gasteiger partial charge is 0.416 e. The van der Waals surface area contributed by atoms with E-state index in [9.17, 15) is 26.4 Å². The van der Waals surface area contributed by atoms with Crippen molar-refractivity contribution in [3.05, 3.63) is 48.0 Å². The van der Waals surface area contributed by atoms with Gasteiger partial charge in [0.05, 0.1) is 11.3 Å². The lowest BCUT2D eigenvalue weighted by Crippen LogP contribution is -2.38. The van der Waals surface area contributed by atoms with E-state index in [-0.39, 0.29) is 30.8 Å². The van der Waals surface area contributed by atoms with Gasteiger partial charge < -0.3 is 4.90 Å². The van der Waals surface area contributed by atoms with E-state index in [2.05, 4.69) is 11.3 Å². The Labute approximate surface area is 138 Å². The van der Waals surface area contributed by atoms with Gasteiger partial charge in [0.2, 0.25) is 15.9 Å². The molecule has 0 aliphatic carbocycles. The molecule has 1 fully saturated rings. The maximum atomic E-state index is 13.0. The van der Waals surface area contributed by atoms with Crippen LogP contribution in [0.3, 0.4) is 0 Å². The number of carbonyl (C=O) groups excluding carboxylic acids is 1. The van der Waals surface area contributed by atoms with Gasteiger partial charge in [-0.3, -0.25) is 4.79 Å². The Kier molecular flexibility index (Phi) is 5.34. The number of sulfonamides is 1. The van der Waals surface area contributed by atoms with Crippen LogP contribution in [0, 0.1) is 0 Å². The van der Waals surface area contributed by atoms with Crippen molar-refractivity contribution in [1.29, 1.82) is 0 Å². The summed E-state index contributed by atoms with van der Waals surface area (Å²) in [7, 11) is -3.59. The van der Waals surface area contributed by atoms with E-state index in [4.69, 9.17) is 0 Å². The third-order valence-corrected chi connectivity index (χ3v) is 4.95. The molecule has 1 aromatic rings. The van der Waals surface area contributed by atoms with E-state index in [1.165, 1.54) is 29.2 Å². The van der Waals surface area contributed by atoms with Crippen LogP contribution in [-0.4, -0.2) is 37.6 Å². The normalized spacial score (nSPS) is 18.9. The minimum absolute atomic E-state index is 0.0204. The Balaban J connectivity index is 2.10. The summed E-state index contributed by atoms with van der Waals surface area (Å²) in [6.45, 7) is 3.15. The summed E-state index contributed by atoms with van der Waals surface area (Å²) in [5.41, 5.74) is -0.818. The van der Waals surface area contributed by atoms with Crippen molar-refractivity contribution in [2.45, 2.75) is 25.2 Å². The monoisotopic (exact) mass is 362 g/mol. The molecular weight excluding hydrogens is 345 g/mol. The highest BCUT2D eigenvalue weighted by molar-refractivity contribution is 7.89. The average molecular weight is 362 g/mol. The third kappa shape index (κ3) is 4.57. The molecule has 0 radical (unpaired) electrons. The zero-order valence-electron chi connectivity index (χ0n) is 12.7. The van der Waals surface area contributed by atoms with Gasteiger partial charge in [-0.1, -0.05) is 24.3 Å². The molecule has 24 heavy (non-hydrogen) atoms. The highest BCUT2D eigenvalue weighted by Gasteiger charge is 2.36. The maximum Gasteiger partial charge on any atom is 0.416 e. The molecule has 0 unspecified atom stereocenters. The fourth-order valence-electron chi connectivity index (χ4n) is 2.60. The van der Waals surface area contributed by atoms with E-state index in [0.29, 0.717) is 0 Å². The van der Waals surface area contributed by atoms with Gasteiger partial charge in [0.15, 0.2) is 0 Å². The summed E-state index contributed by atoms with van der Waals surface area (Å²) in [6.07, 6.45) is -3.37. The maximum absolute atomic E-state index is 13.0. The molecule has 132 valence electrons. The van der Waals surface area contributed by atoms with Gasteiger partial charge in [-0.25, -0.2) is 13.1 Å². The minimum Gasteiger partial charge on any atom is -0.337 e. The van der Waals surface area contributed by atoms with Crippen molar-refractivity contribution >= 4 is 15.9 Å². The number of benzene rings is 1. The number of carbonyl (C=O) groups is 1. The van der Waals surface area contributed by atoms with E-state index >= 15 is 0 Å². The number of halogens is 3. The molecule has 1 aliphatic rings. The average Bonchev–Trinajstić information content (AvgIpc) is 2.77. The number of amides is 1. The van der Waals surface area contributed by atoms with Crippen LogP contribution in [0.15, 0.2) is 36.9 Å². The number of nitrogens with zero attached hydrogens (tertiary/aromatic N) is 1. The van der Waals surface area contributed by atoms with E-state index in [1.807, 2.05) is 0 Å². The Hall–Kier alpha value is -1.87. The van der Waals surface area contributed by atoms with E-state index in [0.717, 1.165) is 6.07 Å². The summed E-state index contributed by atoms with van der Waals surface area (Å²) >= 11 is 0. The summed E-state index contributed by atoms with van der Waals surface area (Å²) in [6, 6.07) is 4.37. The molecule has 1 N–H and O–H groups in total. The van der Waals surface area contributed by atoms with Gasteiger partial charge in [0, 0.05) is 25.6 Å². The number of hydrogen-bond acceptors (Lipinski definition) is 3. The summed E-state index contributed by atoms with van der Waals surface area (Å²) in [5.74, 6) is -0.674. The van der Waals surface area contributed by atoms with Gasteiger partial charge in [-0.2, -0.15) is 13.2 Å². The number of nitrogens with one attached hydrogen (secondary N) is 1. The molecule has 1 aliphatic heterocycles. The molecule has 5 nitrogen and oxygen atoms in total. The Morgan fingerprint density at radius 1 is 1.33 bits per heavy atom. The second-order valence-corrected chi connectivity index (χ2v) is 7.32. The molecule has 2 rings (SSSR count). The quantitative estimate of drug-likeness (QED) is 0.786. The van der Waals surface area contributed by atoms with Crippen molar-refractivity contribution < 1.29 is 26.4 Å². The highest BCUT2D eigenvalue weighted by Crippen LogP contribution is 2.32. The molecule has 0 bridgehead atoms. The second-order valence-electron chi connectivity index (χ2n) is 5.52. The van der Waals surface area contributed by atoms with Crippen LogP contribution in [0.4, 0.5) is 13.2 Å². The molecular formula is C15H17F3N2O3S. The summed E-state index contributed by atoms with van der Waals surface area (Å²) in [5, 5.41) is 0. The van der Waals surface area contributed by atoms with Crippen LogP contribution in [-0.2, 0) is 27.5 Å². The molecule has 1 amide bonds. The van der Waals surface area contributed by atoms with Gasteiger partial charge in [-0.15, -0.1) is 6.58 Å². The van der Waals surface area contributed by atoms with Crippen molar-refractivity contribution in [2.75, 3.05) is 12.3 Å². The first-order valence-electron chi connectivity index (χ1n) is 7.16. The fourth-order valence-corrected chi connectivity index (χ4v) is 3.67. The molecule has 0 spiro atoms. The molecule has 1 heterocycles. The van der Waals surface area contributed by atoms with Gasteiger partial charge in [-0.05, 0) is 11.6 Å². The smallest absolute Gasteiger partial charge is 0.337 e. The first kappa shape index (κ1) is 18.5. The molecule has 9 heteroatoms. The van der Waals surface area contributed by atoms with Crippen LogP contribution >= 0.6 is 0 Å². The van der Waals surface area contributed by atoms with Crippen LogP contribution in [0.1, 0.15) is 17.5 Å². The third-order valence-electron chi connectivity index (χ3n) is 3.58. The first-order valence-corrected chi connectivity index (χ1v) is 8.81. The molecule has 0 saturated carbocycles. The zero-order chi connectivity index (χ0) is 18.0. The van der Waals surface area contributed by atoms with Crippen LogP contribution in [0.25, 0.3) is 0 Å². The lowest BCUT2D eigenvalue weighted by atomic mass is 10.1. The Morgan fingerprint density at radius 3 is 2.62 bits per heavy atom. The van der Waals surface area contributed by atoms with Gasteiger partial charge >= 0.3 is 6.18 Å². The van der Waals surface area contributed by atoms with E-state index in [1.54, 1.807) is 0 Å². The van der Waals surface area contributed by atoms with Crippen LogP contribution < -0.4 is 4.72 Å². The second kappa shape index (κ2) is 6.94. The Morgan fingerprint density at radius 2 is 2.00 bits per heavy atom. The van der Waals surface area contributed by atoms with Gasteiger partial charge in [0.25, 0.3) is 0 Å². The summed E-state index contributed by atoms with van der Waals surface area (Å²) in [4.78, 5) is 13.2.